The Labute approximate surface area is 148 Å². The first kappa shape index (κ1) is 18.7. The van der Waals surface area contributed by atoms with Crippen molar-refractivity contribution in [2.24, 2.45) is 5.41 Å². The van der Waals surface area contributed by atoms with Crippen molar-refractivity contribution in [2.75, 3.05) is 0 Å². The van der Waals surface area contributed by atoms with E-state index in [9.17, 15) is 14.7 Å². The number of carbonyl (C=O) groups excluding carboxylic acids is 1. The second-order valence-electron chi connectivity index (χ2n) is 6.65. The average molecular weight is 339 g/mol. The van der Waals surface area contributed by atoms with E-state index < -0.39 is 11.4 Å². The summed E-state index contributed by atoms with van der Waals surface area (Å²) in [7, 11) is 0. The number of amides is 1. The molecule has 2 aromatic rings. The lowest BCUT2D eigenvalue weighted by molar-refractivity contribution is -0.148. The average Bonchev–Trinajstić information content (AvgIpc) is 2.62. The van der Waals surface area contributed by atoms with E-state index in [0.29, 0.717) is 25.8 Å². The van der Waals surface area contributed by atoms with Gasteiger partial charge in [0, 0.05) is 6.54 Å². The fourth-order valence-corrected chi connectivity index (χ4v) is 2.62. The molecular weight excluding hydrogens is 314 g/mol. The highest BCUT2D eigenvalue weighted by Gasteiger charge is 2.31. The first-order valence-electron chi connectivity index (χ1n) is 8.55. The summed E-state index contributed by atoms with van der Waals surface area (Å²) in [5, 5.41) is 12.3. The molecule has 0 aliphatic heterocycles. The van der Waals surface area contributed by atoms with Crippen molar-refractivity contribution in [1.82, 2.24) is 5.32 Å². The normalized spacial score (nSPS) is 13.0. The number of benzene rings is 2. The lowest BCUT2D eigenvalue weighted by atomic mass is 9.81. The van der Waals surface area contributed by atoms with Gasteiger partial charge in [0.05, 0.1) is 11.8 Å². The van der Waals surface area contributed by atoms with Crippen LogP contribution in [0.15, 0.2) is 54.6 Å². The number of nitrogens with one attached hydrogen (secondary N) is 1. The molecule has 0 saturated heterocycles. The smallest absolute Gasteiger partial charge is 0.309 e. The maximum Gasteiger partial charge on any atom is 0.309 e. The first-order chi connectivity index (χ1) is 11.9. The van der Waals surface area contributed by atoms with Gasteiger partial charge in [-0.15, -0.1) is 0 Å². The quantitative estimate of drug-likeness (QED) is 0.772. The molecule has 0 radical (unpaired) electrons. The Morgan fingerprint density at radius 2 is 1.56 bits per heavy atom. The van der Waals surface area contributed by atoms with E-state index >= 15 is 0 Å². The monoisotopic (exact) mass is 339 g/mol. The maximum atomic E-state index is 12.0. The zero-order chi connectivity index (χ0) is 18.3. The summed E-state index contributed by atoms with van der Waals surface area (Å²) in [6.45, 7) is 4.17. The van der Waals surface area contributed by atoms with Gasteiger partial charge in [-0.1, -0.05) is 61.5 Å². The second kappa shape index (κ2) is 8.47. The van der Waals surface area contributed by atoms with Gasteiger partial charge in [0.1, 0.15) is 0 Å². The molecule has 0 aromatic heterocycles. The van der Waals surface area contributed by atoms with Crippen molar-refractivity contribution >= 4 is 11.9 Å². The molecule has 0 aliphatic carbocycles. The van der Waals surface area contributed by atoms with Gasteiger partial charge in [-0.2, -0.15) is 0 Å². The standard InChI is InChI=1S/C21H25NO3/c1-3-21(2,20(24)25)14-17-11-9-16(10-12-17)13-19(23)22-15-18-7-5-4-6-8-18/h4-12H,3,13-15H2,1-2H3,(H,22,23)(H,24,25). The minimum absolute atomic E-state index is 0.0273. The number of carboxylic acid groups (broad SMARTS) is 1. The molecule has 0 heterocycles. The second-order valence-corrected chi connectivity index (χ2v) is 6.65. The summed E-state index contributed by atoms with van der Waals surface area (Å²) in [6, 6.07) is 17.4. The van der Waals surface area contributed by atoms with Crippen LogP contribution in [-0.2, 0) is 29.0 Å². The zero-order valence-corrected chi connectivity index (χ0v) is 14.8. The van der Waals surface area contributed by atoms with Gasteiger partial charge < -0.3 is 10.4 Å². The predicted molar refractivity (Wildman–Crippen MR) is 98.2 cm³/mol. The van der Waals surface area contributed by atoms with Crippen molar-refractivity contribution in [3.8, 4) is 0 Å². The Hall–Kier alpha value is -2.62. The molecule has 4 nitrogen and oxygen atoms in total. The Kier molecular flexibility index (Phi) is 6.34. The fraction of sp³-hybridized carbons (Fsp3) is 0.333. The Morgan fingerprint density at radius 1 is 0.960 bits per heavy atom. The van der Waals surface area contributed by atoms with Crippen LogP contribution in [0.5, 0.6) is 0 Å². The predicted octanol–water partition coefficient (Wildman–Crippen LogP) is 3.59. The lowest BCUT2D eigenvalue weighted by Crippen LogP contribution is -2.29. The van der Waals surface area contributed by atoms with Crippen LogP contribution in [0.4, 0.5) is 0 Å². The summed E-state index contributed by atoms with van der Waals surface area (Å²) >= 11 is 0. The highest BCUT2D eigenvalue weighted by Crippen LogP contribution is 2.27. The number of carboxylic acids is 1. The molecule has 0 aliphatic rings. The van der Waals surface area contributed by atoms with E-state index in [0.717, 1.165) is 16.7 Å². The van der Waals surface area contributed by atoms with Crippen molar-refractivity contribution in [1.29, 1.82) is 0 Å². The molecule has 0 saturated carbocycles. The van der Waals surface area contributed by atoms with E-state index in [1.165, 1.54) is 0 Å². The van der Waals surface area contributed by atoms with Gasteiger partial charge in [-0.25, -0.2) is 0 Å². The molecule has 2 rings (SSSR count). The third-order valence-electron chi connectivity index (χ3n) is 4.61. The van der Waals surface area contributed by atoms with Crippen LogP contribution >= 0.6 is 0 Å². The first-order valence-corrected chi connectivity index (χ1v) is 8.55. The molecule has 0 fully saturated rings. The van der Waals surface area contributed by atoms with Gasteiger partial charge in [0.25, 0.3) is 0 Å². The number of hydrogen-bond acceptors (Lipinski definition) is 2. The molecule has 2 aromatic carbocycles. The van der Waals surface area contributed by atoms with Gasteiger partial charge in [0.15, 0.2) is 0 Å². The Morgan fingerprint density at radius 3 is 2.12 bits per heavy atom. The molecule has 1 unspecified atom stereocenters. The van der Waals surface area contributed by atoms with Crippen LogP contribution in [0.1, 0.15) is 37.0 Å². The van der Waals surface area contributed by atoms with E-state index in [1.54, 1.807) is 6.92 Å². The largest absolute Gasteiger partial charge is 0.481 e. The Balaban J connectivity index is 1.89. The van der Waals surface area contributed by atoms with Crippen molar-refractivity contribution in [2.45, 2.75) is 39.7 Å². The van der Waals surface area contributed by atoms with Crippen LogP contribution in [0.2, 0.25) is 0 Å². The van der Waals surface area contributed by atoms with Gasteiger partial charge in [0.2, 0.25) is 5.91 Å². The van der Waals surface area contributed by atoms with Crippen LogP contribution in [0, 0.1) is 5.41 Å². The van der Waals surface area contributed by atoms with Crippen molar-refractivity contribution in [3.63, 3.8) is 0 Å². The summed E-state index contributed by atoms with van der Waals surface area (Å²) in [5.74, 6) is -0.806. The van der Waals surface area contributed by atoms with Crippen LogP contribution in [0.3, 0.4) is 0 Å². The lowest BCUT2D eigenvalue weighted by Gasteiger charge is -2.23. The SMILES string of the molecule is CCC(C)(Cc1ccc(CC(=O)NCc2ccccc2)cc1)C(=O)O. The van der Waals surface area contributed by atoms with Crippen molar-refractivity contribution < 1.29 is 14.7 Å². The molecule has 1 atom stereocenters. The molecular formula is C21H25NO3. The van der Waals surface area contributed by atoms with E-state index in [-0.39, 0.29) is 5.91 Å². The fourth-order valence-electron chi connectivity index (χ4n) is 2.62. The number of aliphatic carboxylic acids is 1. The highest BCUT2D eigenvalue weighted by molar-refractivity contribution is 5.78. The molecule has 25 heavy (non-hydrogen) atoms. The maximum absolute atomic E-state index is 12.0. The third kappa shape index (κ3) is 5.45. The number of rotatable bonds is 8. The molecule has 0 spiro atoms. The zero-order valence-electron chi connectivity index (χ0n) is 14.8. The van der Waals surface area contributed by atoms with E-state index in [4.69, 9.17) is 0 Å². The van der Waals surface area contributed by atoms with Crippen LogP contribution in [0.25, 0.3) is 0 Å². The van der Waals surface area contributed by atoms with Crippen LogP contribution in [-0.4, -0.2) is 17.0 Å². The van der Waals surface area contributed by atoms with Gasteiger partial charge in [-0.05, 0) is 36.5 Å². The number of carbonyl (C=O) groups is 2. The molecule has 0 bridgehead atoms. The summed E-state index contributed by atoms with van der Waals surface area (Å²) < 4.78 is 0. The molecule has 1 amide bonds. The molecule has 132 valence electrons. The van der Waals surface area contributed by atoms with Crippen LogP contribution < -0.4 is 5.32 Å². The summed E-state index contributed by atoms with van der Waals surface area (Å²) in [6.07, 6.45) is 1.38. The summed E-state index contributed by atoms with van der Waals surface area (Å²) in [4.78, 5) is 23.5. The molecule has 4 heteroatoms. The topological polar surface area (TPSA) is 66.4 Å². The Bertz CT molecular complexity index is 710. The van der Waals surface area contributed by atoms with Crippen molar-refractivity contribution in [3.05, 3.63) is 71.3 Å². The van der Waals surface area contributed by atoms with Gasteiger partial charge in [-0.3, -0.25) is 9.59 Å². The summed E-state index contributed by atoms with van der Waals surface area (Å²) in [5.41, 5.74) is 2.20. The van der Waals surface area contributed by atoms with Gasteiger partial charge >= 0.3 is 5.97 Å². The minimum atomic E-state index is -0.778. The van der Waals surface area contributed by atoms with E-state index in [2.05, 4.69) is 5.32 Å². The minimum Gasteiger partial charge on any atom is -0.481 e. The van der Waals surface area contributed by atoms with E-state index in [1.807, 2.05) is 61.5 Å². The molecule has 2 N–H and O–H groups in total. The number of hydrogen-bond donors (Lipinski definition) is 2. The highest BCUT2D eigenvalue weighted by atomic mass is 16.4. The third-order valence-corrected chi connectivity index (χ3v) is 4.61.